The van der Waals surface area contributed by atoms with Crippen LogP contribution in [0.15, 0.2) is 0 Å². The Bertz CT molecular complexity index is 567. The molecular formula is C14H20N4O2S. The fourth-order valence-electron chi connectivity index (χ4n) is 2.70. The molecule has 2 aliphatic rings. The van der Waals surface area contributed by atoms with Crippen LogP contribution in [0.5, 0.6) is 0 Å². The van der Waals surface area contributed by atoms with E-state index in [0.717, 1.165) is 28.4 Å². The van der Waals surface area contributed by atoms with Crippen LogP contribution < -0.4 is 10.6 Å². The van der Waals surface area contributed by atoms with Gasteiger partial charge in [-0.25, -0.2) is 9.78 Å². The summed E-state index contributed by atoms with van der Waals surface area (Å²) in [6, 6.07) is 0.147. The van der Waals surface area contributed by atoms with Crippen LogP contribution in [0.2, 0.25) is 0 Å². The van der Waals surface area contributed by atoms with Gasteiger partial charge >= 0.3 is 6.03 Å². The number of carbonyl (C=O) groups is 2. The summed E-state index contributed by atoms with van der Waals surface area (Å²) in [5, 5.41) is 6.74. The third-order valence-corrected chi connectivity index (χ3v) is 4.96. The number of aryl methyl sites for hydroxylation is 2. The molecule has 114 valence electrons. The lowest BCUT2D eigenvalue weighted by molar-refractivity contribution is -0.128. The van der Waals surface area contributed by atoms with Crippen LogP contribution in [0.4, 0.5) is 4.79 Å². The first-order valence-corrected chi connectivity index (χ1v) is 8.11. The Morgan fingerprint density at radius 3 is 2.81 bits per heavy atom. The molecule has 2 fully saturated rings. The first kappa shape index (κ1) is 14.3. The standard InChI is InChI=1S/C14H20N4O2S/c1-8-12(21-9(2)16-8)6-15-14(20)17-10-5-13(19)18(7-10)11-3-4-11/h10-11H,3-7H2,1-2H3,(H2,15,17,20)/t10-/m0/s1. The molecule has 1 aromatic rings. The van der Waals surface area contributed by atoms with Gasteiger partial charge in [0.15, 0.2) is 0 Å². The number of likely N-dealkylation sites (tertiary alicyclic amines) is 1. The molecule has 1 aliphatic carbocycles. The summed E-state index contributed by atoms with van der Waals surface area (Å²) in [6.07, 6.45) is 2.63. The van der Waals surface area contributed by atoms with E-state index < -0.39 is 0 Å². The molecule has 21 heavy (non-hydrogen) atoms. The average molecular weight is 308 g/mol. The predicted octanol–water partition coefficient (Wildman–Crippen LogP) is 1.32. The van der Waals surface area contributed by atoms with Crippen molar-refractivity contribution in [2.45, 2.75) is 51.7 Å². The van der Waals surface area contributed by atoms with E-state index in [1.165, 1.54) is 0 Å². The van der Waals surface area contributed by atoms with E-state index in [1.54, 1.807) is 11.3 Å². The fourth-order valence-corrected chi connectivity index (χ4v) is 3.58. The van der Waals surface area contributed by atoms with Gasteiger partial charge in [0, 0.05) is 23.9 Å². The van der Waals surface area contributed by atoms with Gasteiger partial charge in [-0.05, 0) is 26.7 Å². The number of nitrogens with zero attached hydrogens (tertiary/aromatic N) is 2. The largest absolute Gasteiger partial charge is 0.338 e. The number of aromatic nitrogens is 1. The van der Waals surface area contributed by atoms with Crippen LogP contribution in [0.25, 0.3) is 0 Å². The molecule has 0 aromatic carbocycles. The number of hydrogen-bond acceptors (Lipinski definition) is 4. The second kappa shape index (κ2) is 5.63. The summed E-state index contributed by atoms with van der Waals surface area (Å²) in [5.74, 6) is 0.164. The van der Waals surface area contributed by atoms with Crippen molar-refractivity contribution in [1.29, 1.82) is 0 Å². The Morgan fingerprint density at radius 2 is 2.19 bits per heavy atom. The Labute approximate surface area is 127 Å². The first-order chi connectivity index (χ1) is 10.0. The van der Waals surface area contributed by atoms with Gasteiger partial charge in [0.05, 0.1) is 23.3 Å². The van der Waals surface area contributed by atoms with Crippen molar-refractivity contribution in [3.05, 3.63) is 15.6 Å². The highest BCUT2D eigenvalue weighted by molar-refractivity contribution is 7.11. The number of urea groups is 1. The molecule has 1 aliphatic heterocycles. The van der Waals surface area contributed by atoms with Gasteiger partial charge in [-0.15, -0.1) is 11.3 Å². The highest BCUT2D eigenvalue weighted by atomic mass is 32.1. The molecule has 0 radical (unpaired) electrons. The second-order valence-corrected chi connectivity index (χ2v) is 7.03. The maximum absolute atomic E-state index is 11.9. The van der Waals surface area contributed by atoms with E-state index in [0.29, 0.717) is 25.6 Å². The van der Waals surface area contributed by atoms with Crippen molar-refractivity contribution >= 4 is 23.3 Å². The molecule has 1 saturated heterocycles. The minimum atomic E-state index is -0.212. The van der Waals surface area contributed by atoms with Crippen molar-refractivity contribution in [1.82, 2.24) is 20.5 Å². The highest BCUT2D eigenvalue weighted by Gasteiger charge is 2.39. The zero-order valence-electron chi connectivity index (χ0n) is 12.3. The van der Waals surface area contributed by atoms with Gasteiger partial charge in [-0.2, -0.15) is 0 Å². The summed E-state index contributed by atoms with van der Waals surface area (Å²) >= 11 is 1.60. The predicted molar refractivity (Wildman–Crippen MR) is 80.1 cm³/mol. The molecule has 1 saturated carbocycles. The zero-order valence-corrected chi connectivity index (χ0v) is 13.1. The number of rotatable bonds is 4. The Hall–Kier alpha value is -1.63. The number of carbonyl (C=O) groups excluding carboxylic acids is 2. The fraction of sp³-hybridized carbons (Fsp3) is 0.643. The van der Waals surface area contributed by atoms with Gasteiger partial charge in [-0.3, -0.25) is 4.79 Å². The molecule has 2 N–H and O–H groups in total. The monoisotopic (exact) mass is 308 g/mol. The minimum absolute atomic E-state index is 0.0672. The molecule has 6 nitrogen and oxygen atoms in total. The smallest absolute Gasteiger partial charge is 0.315 e. The SMILES string of the molecule is Cc1nc(C)c(CNC(=O)N[C@H]2CC(=O)N(C3CC3)C2)s1. The van der Waals surface area contributed by atoms with Crippen molar-refractivity contribution in [2.75, 3.05) is 6.54 Å². The maximum atomic E-state index is 11.9. The molecule has 1 aromatic heterocycles. The van der Waals surface area contributed by atoms with E-state index in [9.17, 15) is 9.59 Å². The Morgan fingerprint density at radius 1 is 1.43 bits per heavy atom. The summed E-state index contributed by atoms with van der Waals surface area (Å²) < 4.78 is 0. The quantitative estimate of drug-likeness (QED) is 0.881. The van der Waals surface area contributed by atoms with Crippen LogP contribution in [0, 0.1) is 13.8 Å². The van der Waals surface area contributed by atoms with E-state index in [-0.39, 0.29) is 18.0 Å². The molecular weight excluding hydrogens is 288 g/mol. The first-order valence-electron chi connectivity index (χ1n) is 7.29. The van der Waals surface area contributed by atoms with Gasteiger partial charge in [-0.1, -0.05) is 0 Å². The molecule has 3 rings (SSSR count). The summed E-state index contributed by atoms with van der Waals surface area (Å²) in [7, 11) is 0. The second-order valence-electron chi connectivity index (χ2n) is 5.75. The van der Waals surface area contributed by atoms with Crippen LogP contribution in [-0.2, 0) is 11.3 Å². The van der Waals surface area contributed by atoms with E-state index in [1.807, 2.05) is 18.7 Å². The van der Waals surface area contributed by atoms with E-state index in [4.69, 9.17) is 0 Å². The van der Waals surface area contributed by atoms with Crippen LogP contribution in [0.1, 0.15) is 34.8 Å². The van der Waals surface area contributed by atoms with Gasteiger partial charge in [0.1, 0.15) is 0 Å². The summed E-state index contributed by atoms with van der Waals surface area (Å²) in [4.78, 5) is 31.1. The zero-order chi connectivity index (χ0) is 15.0. The maximum Gasteiger partial charge on any atom is 0.315 e. The molecule has 0 spiro atoms. The summed E-state index contributed by atoms with van der Waals surface area (Å²) in [6.45, 7) is 5.03. The molecule has 1 atom stereocenters. The average Bonchev–Trinajstić information content (AvgIpc) is 3.11. The van der Waals surface area contributed by atoms with Gasteiger partial charge < -0.3 is 15.5 Å². The lowest BCUT2D eigenvalue weighted by atomic mass is 10.2. The number of thiazole rings is 1. The van der Waals surface area contributed by atoms with Crippen LogP contribution in [0.3, 0.4) is 0 Å². The summed E-state index contributed by atoms with van der Waals surface area (Å²) in [5.41, 5.74) is 0.966. The third kappa shape index (κ3) is 3.34. The lowest BCUT2D eigenvalue weighted by Crippen LogP contribution is -2.43. The molecule has 2 heterocycles. The van der Waals surface area contributed by atoms with Crippen molar-refractivity contribution in [3.63, 3.8) is 0 Å². The van der Waals surface area contributed by atoms with Crippen molar-refractivity contribution < 1.29 is 9.59 Å². The van der Waals surface area contributed by atoms with Gasteiger partial charge in [0.2, 0.25) is 5.91 Å². The molecule has 7 heteroatoms. The molecule has 0 unspecified atom stereocenters. The number of hydrogen-bond donors (Lipinski definition) is 2. The van der Waals surface area contributed by atoms with Crippen LogP contribution >= 0.6 is 11.3 Å². The topological polar surface area (TPSA) is 74.3 Å². The van der Waals surface area contributed by atoms with Gasteiger partial charge in [0.25, 0.3) is 0 Å². The van der Waals surface area contributed by atoms with Crippen molar-refractivity contribution in [3.8, 4) is 0 Å². The lowest BCUT2D eigenvalue weighted by Gasteiger charge is -2.16. The third-order valence-electron chi connectivity index (χ3n) is 3.89. The Balaban J connectivity index is 1.46. The van der Waals surface area contributed by atoms with E-state index >= 15 is 0 Å². The molecule has 0 bridgehead atoms. The normalized spacial score (nSPS) is 21.7. The highest BCUT2D eigenvalue weighted by Crippen LogP contribution is 2.30. The Kier molecular flexibility index (Phi) is 3.84. The van der Waals surface area contributed by atoms with E-state index in [2.05, 4.69) is 15.6 Å². The van der Waals surface area contributed by atoms with Crippen molar-refractivity contribution in [2.24, 2.45) is 0 Å². The number of amides is 3. The van der Waals surface area contributed by atoms with Crippen LogP contribution in [-0.4, -0.2) is 40.5 Å². The minimum Gasteiger partial charge on any atom is -0.338 e. The molecule has 3 amide bonds. The number of nitrogens with one attached hydrogen (secondary N) is 2.